The Kier molecular flexibility index (Phi) is 5.52. The first-order valence-electron chi connectivity index (χ1n) is 7.30. The molecule has 0 aliphatic heterocycles. The minimum absolute atomic E-state index is 0.0358. The Morgan fingerprint density at radius 2 is 2.10 bits per heavy atom. The molecule has 0 amide bonds. The maximum atomic E-state index is 11.0. The van der Waals surface area contributed by atoms with E-state index in [-0.39, 0.29) is 23.6 Å². The number of hydrogen-bond acceptors (Lipinski definition) is 5. The van der Waals surface area contributed by atoms with Gasteiger partial charge in [0, 0.05) is 12.1 Å². The molecule has 1 aromatic carbocycles. The normalized spacial score (nSPS) is 22.6. The third kappa shape index (κ3) is 4.15. The van der Waals surface area contributed by atoms with Crippen LogP contribution in [0.2, 0.25) is 0 Å². The minimum atomic E-state index is -0.445. The summed E-state index contributed by atoms with van der Waals surface area (Å²) in [6.45, 7) is 0.337. The Bertz CT molecular complexity index is 493. The third-order valence-electron chi connectivity index (χ3n) is 3.91. The van der Waals surface area contributed by atoms with Crippen LogP contribution in [-0.2, 0) is 11.3 Å². The summed E-state index contributed by atoms with van der Waals surface area (Å²) in [5.41, 5.74) is 6.84. The van der Waals surface area contributed by atoms with Gasteiger partial charge in [-0.2, -0.15) is 0 Å². The molecule has 21 heavy (non-hydrogen) atoms. The topological polar surface area (TPSA) is 87.6 Å². The van der Waals surface area contributed by atoms with E-state index < -0.39 is 4.92 Å². The number of nitrogens with two attached hydrogens (primary N) is 1. The van der Waals surface area contributed by atoms with E-state index in [1.165, 1.54) is 19.6 Å². The zero-order valence-corrected chi connectivity index (χ0v) is 12.3. The quantitative estimate of drug-likeness (QED) is 0.512. The Morgan fingerprint density at radius 3 is 2.81 bits per heavy atom. The lowest BCUT2D eigenvalue weighted by molar-refractivity contribution is -0.385. The van der Waals surface area contributed by atoms with Crippen molar-refractivity contribution in [1.29, 1.82) is 0 Å². The molecule has 2 atom stereocenters. The summed E-state index contributed by atoms with van der Waals surface area (Å²) in [5.74, 6) is 0.259. The number of rotatable bonds is 5. The van der Waals surface area contributed by atoms with Crippen LogP contribution in [0.4, 0.5) is 5.69 Å². The molecule has 2 unspecified atom stereocenters. The Hall–Kier alpha value is -1.66. The minimum Gasteiger partial charge on any atom is -0.490 e. The summed E-state index contributed by atoms with van der Waals surface area (Å²) in [6.07, 6.45) is 5.44. The highest BCUT2D eigenvalue weighted by atomic mass is 16.6. The van der Waals surface area contributed by atoms with Gasteiger partial charge in [0.15, 0.2) is 5.75 Å². The van der Waals surface area contributed by atoms with Gasteiger partial charge in [-0.1, -0.05) is 25.3 Å². The van der Waals surface area contributed by atoms with Gasteiger partial charge in [-0.3, -0.25) is 10.1 Å². The molecule has 0 bridgehead atoms. The van der Waals surface area contributed by atoms with Crippen molar-refractivity contribution in [2.24, 2.45) is 5.73 Å². The zero-order valence-electron chi connectivity index (χ0n) is 12.3. The second-order valence-electron chi connectivity index (χ2n) is 5.41. The molecule has 0 aromatic heterocycles. The Balaban J connectivity index is 2.02. The van der Waals surface area contributed by atoms with Crippen LogP contribution in [-0.4, -0.2) is 24.2 Å². The van der Waals surface area contributed by atoms with Gasteiger partial charge in [0.2, 0.25) is 0 Å². The summed E-state index contributed by atoms with van der Waals surface area (Å²) >= 11 is 0. The molecule has 0 spiro atoms. The van der Waals surface area contributed by atoms with Crippen LogP contribution < -0.4 is 10.5 Å². The molecule has 6 nitrogen and oxygen atoms in total. The van der Waals surface area contributed by atoms with Crippen molar-refractivity contribution in [2.45, 2.75) is 50.9 Å². The molecule has 0 heterocycles. The fourth-order valence-electron chi connectivity index (χ4n) is 2.68. The smallest absolute Gasteiger partial charge is 0.311 e. The second kappa shape index (κ2) is 7.38. The van der Waals surface area contributed by atoms with E-state index in [1.807, 2.05) is 0 Å². The standard InChI is InChI=1S/C15H22N2O4/c1-20-15-8-7-11(9-13(15)17(18)19)10-21-14-6-4-2-3-5-12(14)16/h7-9,12,14H,2-6,10,16H2,1H3. The fourth-order valence-corrected chi connectivity index (χ4v) is 2.68. The highest BCUT2D eigenvalue weighted by Crippen LogP contribution is 2.28. The third-order valence-corrected chi connectivity index (χ3v) is 3.91. The van der Waals surface area contributed by atoms with Gasteiger partial charge in [-0.05, 0) is 24.5 Å². The predicted octanol–water partition coefficient (Wildman–Crippen LogP) is 2.78. The molecule has 1 aromatic rings. The van der Waals surface area contributed by atoms with Gasteiger partial charge in [0.05, 0.1) is 24.7 Å². The molecule has 1 saturated carbocycles. The molecule has 1 aliphatic carbocycles. The van der Waals surface area contributed by atoms with E-state index in [1.54, 1.807) is 12.1 Å². The fraction of sp³-hybridized carbons (Fsp3) is 0.600. The van der Waals surface area contributed by atoms with Crippen molar-refractivity contribution >= 4 is 5.69 Å². The number of nitro groups is 1. The van der Waals surface area contributed by atoms with Gasteiger partial charge in [0.1, 0.15) is 0 Å². The van der Waals surface area contributed by atoms with Crippen LogP contribution in [0.1, 0.15) is 37.7 Å². The number of hydrogen-bond donors (Lipinski definition) is 1. The molecule has 0 radical (unpaired) electrons. The number of methoxy groups -OCH3 is 1. The second-order valence-corrected chi connectivity index (χ2v) is 5.41. The van der Waals surface area contributed by atoms with Crippen LogP contribution in [0.5, 0.6) is 5.75 Å². The molecule has 1 aliphatic rings. The van der Waals surface area contributed by atoms with Crippen LogP contribution in [0, 0.1) is 10.1 Å². The van der Waals surface area contributed by atoms with Crippen molar-refractivity contribution in [3.8, 4) is 5.75 Å². The van der Waals surface area contributed by atoms with Gasteiger partial charge in [0.25, 0.3) is 0 Å². The average Bonchev–Trinajstić information content (AvgIpc) is 2.69. The molecule has 0 saturated heterocycles. The van der Waals surface area contributed by atoms with E-state index in [4.69, 9.17) is 15.2 Å². The maximum absolute atomic E-state index is 11.0. The first-order chi connectivity index (χ1) is 10.1. The largest absolute Gasteiger partial charge is 0.490 e. The van der Waals surface area contributed by atoms with E-state index in [0.717, 1.165) is 31.2 Å². The molecule has 2 rings (SSSR count). The van der Waals surface area contributed by atoms with Gasteiger partial charge >= 0.3 is 5.69 Å². The summed E-state index contributed by atoms with van der Waals surface area (Å²) in [7, 11) is 1.42. The molecular formula is C15H22N2O4. The number of nitrogens with zero attached hydrogens (tertiary/aromatic N) is 1. The molecule has 116 valence electrons. The Labute approximate surface area is 124 Å². The van der Waals surface area contributed by atoms with E-state index in [0.29, 0.717) is 6.61 Å². The lowest BCUT2D eigenvalue weighted by Crippen LogP contribution is -2.35. The van der Waals surface area contributed by atoms with E-state index in [2.05, 4.69) is 0 Å². The number of ether oxygens (including phenoxy) is 2. The first kappa shape index (κ1) is 15.7. The van der Waals surface area contributed by atoms with Gasteiger partial charge in [-0.15, -0.1) is 0 Å². The number of nitro benzene ring substituents is 1. The molecule has 1 fully saturated rings. The van der Waals surface area contributed by atoms with E-state index in [9.17, 15) is 10.1 Å². The summed E-state index contributed by atoms with van der Waals surface area (Å²) in [4.78, 5) is 10.6. The van der Waals surface area contributed by atoms with Crippen LogP contribution in [0.3, 0.4) is 0 Å². The molecule has 2 N–H and O–H groups in total. The van der Waals surface area contributed by atoms with Crippen molar-refractivity contribution in [3.63, 3.8) is 0 Å². The van der Waals surface area contributed by atoms with Crippen molar-refractivity contribution in [3.05, 3.63) is 33.9 Å². The maximum Gasteiger partial charge on any atom is 0.311 e. The Morgan fingerprint density at radius 1 is 1.33 bits per heavy atom. The van der Waals surface area contributed by atoms with Crippen LogP contribution in [0.25, 0.3) is 0 Å². The first-order valence-corrected chi connectivity index (χ1v) is 7.30. The lowest BCUT2D eigenvalue weighted by Gasteiger charge is -2.21. The SMILES string of the molecule is COc1ccc(COC2CCCCCC2N)cc1[N+](=O)[O-]. The zero-order chi connectivity index (χ0) is 15.2. The molecular weight excluding hydrogens is 272 g/mol. The highest BCUT2D eigenvalue weighted by molar-refractivity contribution is 5.48. The average molecular weight is 294 g/mol. The van der Waals surface area contributed by atoms with Crippen molar-refractivity contribution < 1.29 is 14.4 Å². The predicted molar refractivity (Wildman–Crippen MR) is 79.3 cm³/mol. The number of benzene rings is 1. The van der Waals surface area contributed by atoms with Crippen molar-refractivity contribution in [2.75, 3.05) is 7.11 Å². The van der Waals surface area contributed by atoms with Gasteiger partial charge in [-0.25, -0.2) is 0 Å². The highest BCUT2D eigenvalue weighted by Gasteiger charge is 2.21. The van der Waals surface area contributed by atoms with Gasteiger partial charge < -0.3 is 15.2 Å². The summed E-state index contributed by atoms with van der Waals surface area (Å²) in [6, 6.07) is 4.94. The summed E-state index contributed by atoms with van der Waals surface area (Å²) in [5, 5.41) is 11.0. The lowest BCUT2D eigenvalue weighted by atomic mass is 10.1. The van der Waals surface area contributed by atoms with Crippen LogP contribution in [0.15, 0.2) is 18.2 Å². The summed E-state index contributed by atoms with van der Waals surface area (Å²) < 4.78 is 10.9. The molecule has 6 heteroatoms. The van der Waals surface area contributed by atoms with Crippen LogP contribution >= 0.6 is 0 Å². The monoisotopic (exact) mass is 294 g/mol. The van der Waals surface area contributed by atoms with Crippen molar-refractivity contribution in [1.82, 2.24) is 0 Å². The van der Waals surface area contributed by atoms with E-state index >= 15 is 0 Å².